The molecule has 104 valence electrons. The molecule has 0 radical (unpaired) electrons. The molecule has 1 N–H and O–H groups in total. The number of carboxylic acids is 1. The topological polar surface area (TPSA) is 92.9 Å². The zero-order chi connectivity index (χ0) is 14.2. The average molecular weight is 268 g/mol. The van der Waals surface area contributed by atoms with Crippen molar-refractivity contribution in [1.82, 2.24) is 9.88 Å². The first-order valence-corrected chi connectivity index (χ1v) is 5.92. The number of hydrogen-bond donors (Lipinski definition) is 1. The lowest BCUT2D eigenvalue weighted by Crippen LogP contribution is -2.33. The van der Waals surface area contributed by atoms with Crippen molar-refractivity contribution in [2.24, 2.45) is 0 Å². The van der Waals surface area contributed by atoms with Gasteiger partial charge in [0, 0.05) is 0 Å². The Morgan fingerprint density at radius 2 is 2.11 bits per heavy atom. The largest absolute Gasteiger partial charge is 0.481 e. The fourth-order valence-corrected chi connectivity index (χ4v) is 1.75. The monoisotopic (exact) mass is 268 g/mol. The Kier molecular flexibility index (Phi) is 3.21. The lowest BCUT2D eigenvalue weighted by Gasteiger charge is -2.23. The van der Waals surface area contributed by atoms with Crippen molar-refractivity contribution in [2.75, 3.05) is 0 Å². The van der Waals surface area contributed by atoms with E-state index < -0.39 is 17.7 Å². The van der Waals surface area contributed by atoms with Crippen LogP contribution >= 0.6 is 0 Å². The minimum atomic E-state index is -0.996. The van der Waals surface area contributed by atoms with Gasteiger partial charge in [-0.25, -0.2) is 9.78 Å². The molecule has 7 nitrogen and oxygen atoms in total. The van der Waals surface area contributed by atoms with E-state index in [9.17, 15) is 9.59 Å². The van der Waals surface area contributed by atoms with E-state index in [0.717, 1.165) is 0 Å². The van der Waals surface area contributed by atoms with E-state index in [1.807, 2.05) is 0 Å². The van der Waals surface area contributed by atoms with Crippen LogP contribution < -0.4 is 0 Å². The molecule has 1 aromatic rings. The van der Waals surface area contributed by atoms with Crippen molar-refractivity contribution >= 4 is 12.1 Å². The smallest absolute Gasteiger partial charge is 0.411 e. The number of carbonyl (C=O) groups is 2. The molecule has 0 saturated heterocycles. The Morgan fingerprint density at radius 1 is 1.42 bits per heavy atom. The number of amides is 1. The SMILES string of the molecule is CC(C)(C)OC(=O)N1Cc2nc(CC(=O)O)oc2C1. The highest BCUT2D eigenvalue weighted by Gasteiger charge is 2.31. The van der Waals surface area contributed by atoms with Crippen LogP contribution in [-0.4, -0.2) is 32.7 Å². The molecule has 1 amide bonds. The van der Waals surface area contributed by atoms with E-state index >= 15 is 0 Å². The van der Waals surface area contributed by atoms with E-state index in [4.69, 9.17) is 14.3 Å². The normalized spacial score (nSPS) is 14.4. The lowest BCUT2D eigenvalue weighted by molar-refractivity contribution is -0.136. The Morgan fingerprint density at radius 3 is 2.63 bits per heavy atom. The van der Waals surface area contributed by atoms with Gasteiger partial charge in [0.25, 0.3) is 0 Å². The number of fused-ring (bicyclic) bond motifs is 1. The summed E-state index contributed by atoms with van der Waals surface area (Å²) < 4.78 is 10.5. The second-order valence-electron chi connectivity index (χ2n) is 5.38. The number of aromatic nitrogens is 1. The molecule has 2 heterocycles. The van der Waals surface area contributed by atoms with E-state index in [0.29, 0.717) is 11.5 Å². The van der Waals surface area contributed by atoms with Crippen LogP contribution in [-0.2, 0) is 29.0 Å². The van der Waals surface area contributed by atoms with Crippen LogP contribution in [0.5, 0.6) is 0 Å². The molecule has 2 rings (SSSR count). The van der Waals surface area contributed by atoms with Crippen molar-refractivity contribution < 1.29 is 23.8 Å². The first kappa shape index (κ1) is 13.4. The zero-order valence-electron chi connectivity index (χ0n) is 11.1. The van der Waals surface area contributed by atoms with Crippen LogP contribution in [0, 0.1) is 0 Å². The van der Waals surface area contributed by atoms with Crippen molar-refractivity contribution in [2.45, 2.75) is 45.9 Å². The minimum Gasteiger partial charge on any atom is -0.481 e. The number of oxazole rings is 1. The van der Waals surface area contributed by atoms with Gasteiger partial charge in [-0.15, -0.1) is 0 Å². The van der Waals surface area contributed by atoms with E-state index in [1.54, 1.807) is 20.8 Å². The molecule has 0 atom stereocenters. The lowest BCUT2D eigenvalue weighted by atomic mass is 10.2. The summed E-state index contributed by atoms with van der Waals surface area (Å²) in [6, 6.07) is 0. The molecule has 1 aromatic heterocycles. The second kappa shape index (κ2) is 4.56. The summed E-state index contributed by atoms with van der Waals surface area (Å²) >= 11 is 0. The van der Waals surface area contributed by atoms with Gasteiger partial charge in [-0.05, 0) is 20.8 Å². The van der Waals surface area contributed by atoms with E-state index in [-0.39, 0.29) is 25.4 Å². The van der Waals surface area contributed by atoms with E-state index in [2.05, 4.69) is 4.98 Å². The van der Waals surface area contributed by atoms with Crippen LogP contribution in [0.1, 0.15) is 38.1 Å². The summed E-state index contributed by atoms with van der Waals surface area (Å²) in [6.07, 6.45) is -0.681. The van der Waals surface area contributed by atoms with Crippen LogP contribution in [0.15, 0.2) is 4.42 Å². The van der Waals surface area contributed by atoms with Crippen molar-refractivity contribution in [3.63, 3.8) is 0 Å². The quantitative estimate of drug-likeness (QED) is 0.874. The number of nitrogens with zero attached hydrogens (tertiary/aromatic N) is 2. The minimum absolute atomic E-state index is 0.168. The van der Waals surface area contributed by atoms with Crippen LogP contribution in [0.3, 0.4) is 0 Å². The standard InChI is InChI=1S/C12H16N2O5/c1-12(2,3)19-11(17)14-5-7-8(6-14)18-9(13-7)4-10(15)16/h4-6H2,1-3H3,(H,15,16). The highest BCUT2D eigenvalue weighted by molar-refractivity contribution is 5.69. The van der Waals surface area contributed by atoms with Gasteiger partial charge in [0.15, 0.2) is 0 Å². The van der Waals surface area contributed by atoms with E-state index in [1.165, 1.54) is 4.90 Å². The van der Waals surface area contributed by atoms with Crippen molar-refractivity contribution in [3.8, 4) is 0 Å². The molecule has 0 aromatic carbocycles. The summed E-state index contributed by atoms with van der Waals surface area (Å²) in [5, 5.41) is 8.64. The van der Waals surface area contributed by atoms with Gasteiger partial charge in [0.2, 0.25) is 5.89 Å². The number of ether oxygens (including phenoxy) is 1. The third-order valence-corrected chi connectivity index (χ3v) is 2.45. The Hall–Kier alpha value is -2.05. The first-order chi connectivity index (χ1) is 8.74. The average Bonchev–Trinajstić information content (AvgIpc) is 2.70. The van der Waals surface area contributed by atoms with Crippen molar-refractivity contribution in [3.05, 3.63) is 17.3 Å². The first-order valence-electron chi connectivity index (χ1n) is 5.92. The zero-order valence-corrected chi connectivity index (χ0v) is 11.1. The number of carbonyl (C=O) groups excluding carboxylic acids is 1. The molecule has 0 bridgehead atoms. The number of carboxylic acid groups (broad SMARTS) is 1. The summed E-state index contributed by atoms with van der Waals surface area (Å²) in [6.45, 7) is 5.93. The molecular formula is C12H16N2O5. The Bertz CT molecular complexity index is 491. The third kappa shape index (κ3) is 3.24. The molecule has 0 aliphatic carbocycles. The maximum absolute atomic E-state index is 11.8. The number of rotatable bonds is 2. The highest BCUT2D eigenvalue weighted by Crippen LogP contribution is 2.25. The summed E-state index contributed by atoms with van der Waals surface area (Å²) in [5.74, 6) is -0.299. The number of aliphatic carboxylic acids is 1. The maximum Gasteiger partial charge on any atom is 0.411 e. The fourth-order valence-electron chi connectivity index (χ4n) is 1.75. The molecule has 7 heteroatoms. The molecule has 19 heavy (non-hydrogen) atoms. The summed E-state index contributed by atoms with van der Waals surface area (Å²) in [4.78, 5) is 27.9. The van der Waals surface area contributed by atoms with Gasteiger partial charge < -0.3 is 14.3 Å². The molecule has 0 spiro atoms. The number of hydrogen-bond acceptors (Lipinski definition) is 5. The van der Waals surface area contributed by atoms with Crippen LogP contribution in [0.4, 0.5) is 4.79 Å². The summed E-state index contributed by atoms with van der Waals surface area (Å²) in [7, 11) is 0. The van der Waals surface area contributed by atoms with Gasteiger partial charge in [0.1, 0.15) is 23.5 Å². The summed E-state index contributed by atoms with van der Waals surface area (Å²) in [5.41, 5.74) is 0.0463. The molecule has 0 fully saturated rings. The third-order valence-electron chi connectivity index (χ3n) is 2.45. The molecule has 0 unspecified atom stereocenters. The Labute approximate surface area is 110 Å². The highest BCUT2D eigenvalue weighted by atomic mass is 16.6. The molecule has 0 saturated carbocycles. The van der Waals surface area contributed by atoms with Gasteiger partial charge in [0.05, 0.1) is 13.1 Å². The van der Waals surface area contributed by atoms with Gasteiger partial charge in [-0.2, -0.15) is 0 Å². The predicted molar refractivity (Wildman–Crippen MR) is 63.3 cm³/mol. The molecule has 1 aliphatic rings. The van der Waals surface area contributed by atoms with Crippen LogP contribution in [0.25, 0.3) is 0 Å². The van der Waals surface area contributed by atoms with Crippen LogP contribution in [0.2, 0.25) is 0 Å². The van der Waals surface area contributed by atoms with Gasteiger partial charge in [-0.3, -0.25) is 9.69 Å². The predicted octanol–water partition coefficient (Wildman–Crippen LogP) is 1.55. The molecular weight excluding hydrogens is 252 g/mol. The van der Waals surface area contributed by atoms with Gasteiger partial charge in [-0.1, -0.05) is 0 Å². The van der Waals surface area contributed by atoms with Gasteiger partial charge >= 0.3 is 12.1 Å². The second-order valence-corrected chi connectivity index (χ2v) is 5.38. The molecule has 1 aliphatic heterocycles. The maximum atomic E-state index is 11.8. The van der Waals surface area contributed by atoms with Crippen molar-refractivity contribution in [1.29, 1.82) is 0 Å². The fraction of sp³-hybridized carbons (Fsp3) is 0.583. The Balaban J connectivity index is 1.99.